The Bertz CT molecular complexity index is 748. The monoisotopic (exact) mass is 380 g/mol. The molecule has 0 spiro atoms. The summed E-state index contributed by atoms with van der Waals surface area (Å²) >= 11 is 0. The highest BCUT2D eigenvalue weighted by molar-refractivity contribution is 7.89. The molecule has 0 bridgehead atoms. The number of carbonyl (C=O) groups is 1. The third-order valence-corrected chi connectivity index (χ3v) is 6.73. The van der Waals surface area contributed by atoms with E-state index in [2.05, 4.69) is 17.0 Å². The number of benzene rings is 1. The molecule has 2 atom stereocenters. The molecule has 2 N–H and O–H groups in total. The molecule has 6 nitrogen and oxygen atoms in total. The summed E-state index contributed by atoms with van der Waals surface area (Å²) in [7, 11) is -3.58. The zero-order valence-corrected chi connectivity index (χ0v) is 16.1. The molecular formula is C19H28N2O4S. The molecular weight excluding hydrogens is 352 g/mol. The predicted molar refractivity (Wildman–Crippen MR) is 101 cm³/mol. The SMILES string of the molecule is CC1CCCCC1OCCNS(=O)(=O)c1ccc2c(c1)CCCC(=O)N2. The van der Waals surface area contributed by atoms with E-state index in [1.54, 1.807) is 12.1 Å². The number of amides is 1. The van der Waals surface area contributed by atoms with Crippen molar-refractivity contribution in [1.29, 1.82) is 0 Å². The van der Waals surface area contributed by atoms with Crippen molar-refractivity contribution in [2.75, 3.05) is 18.5 Å². The summed E-state index contributed by atoms with van der Waals surface area (Å²) < 4.78 is 33.6. The average Bonchev–Trinajstić information content (AvgIpc) is 2.80. The van der Waals surface area contributed by atoms with Gasteiger partial charge in [-0.15, -0.1) is 0 Å². The highest BCUT2D eigenvalue weighted by Gasteiger charge is 2.22. The van der Waals surface area contributed by atoms with Crippen molar-refractivity contribution in [3.63, 3.8) is 0 Å². The van der Waals surface area contributed by atoms with Gasteiger partial charge in [-0.25, -0.2) is 13.1 Å². The number of nitrogens with one attached hydrogen (secondary N) is 2. The lowest BCUT2D eigenvalue weighted by atomic mass is 9.88. The number of ether oxygens (including phenoxy) is 1. The molecule has 1 saturated carbocycles. The van der Waals surface area contributed by atoms with Gasteiger partial charge in [-0.05, 0) is 55.4 Å². The van der Waals surface area contributed by atoms with E-state index in [0.29, 0.717) is 31.1 Å². The molecule has 1 amide bonds. The topological polar surface area (TPSA) is 84.5 Å². The van der Waals surface area contributed by atoms with Crippen LogP contribution in [0.3, 0.4) is 0 Å². The molecule has 1 aliphatic carbocycles. The van der Waals surface area contributed by atoms with Crippen LogP contribution in [0.1, 0.15) is 51.0 Å². The number of carbonyl (C=O) groups excluding carboxylic acids is 1. The maximum atomic E-state index is 12.5. The summed E-state index contributed by atoms with van der Waals surface area (Å²) in [5.74, 6) is 0.520. The fourth-order valence-electron chi connectivity index (χ4n) is 3.72. The Balaban J connectivity index is 1.56. The van der Waals surface area contributed by atoms with Gasteiger partial charge in [-0.2, -0.15) is 0 Å². The van der Waals surface area contributed by atoms with Crippen LogP contribution in [0.2, 0.25) is 0 Å². The van der Waals surface area contributed by atoms with E-state index in [4.69, 9.17) is 4.74 Å². The smallest absolute Gasteiger partial charge is 0.240 e. The van der Waals surface area contributed by atoms with E-state index in [0.717, 1.165) is 18.4 Å². The van der Waals surface area contributed by atoms with E-state index in [1.807, 2.05) is 0 Å². The molecule has 2 unspecified atom stereocenters. The fraction of sp³-hybridized carbons (Fsp3) is 0.632. The number of hydrogen-bond donors (Lipinski definition) is 2. The van der Waals surface area contributed by atoms with E-state index < -0.39 is 10.0 Å². The van der Waals surface area contributed by atoms with Crippen molar-refractivity contribution in [2.45, 2.75) is 62.9 Å². The van der Waals surface area contributed by atoms with Crippen molar-refractivity contribution in [3.05, 3.63) is 23.8 Å². The molecule has 0 radical (unpaired) electrons. The van der Waals surface area contributed by atoms with Gasteiger partial charge in [-0.3, -0.25) is 4.79 Å². The first-order valence-electron chi connectivity index (χ1n) is 9.50. The second-order valence-corrected chi connectivity index (χ2v) is 9.06. The Morgan fingerprint density at radius 3 is 2.81 bits per heavy atom. The molecule has 7 heteroatoms. The van der Waals surface area contributed by atoms with Crippen LogP contribution < -0.4 is 10.0 Å². The van der Waals surface area contributed by atoms with Gasteiger partial charge in [0.05, 0.1) is 17.6 Å². The fourth-order valence-corrected chi connectivity index (χ4v) is 4.78. The van der Waals surface area contributed by atoms with Crippen LogP contribution in [0, 0.1) is 5.92 Å². The van der Waals surface area contributed by atoms with Crippen molar-refractivity contribution in [3.8, 4) is 0 Å². The van der Waals surface area contributed by atoms with Gasteiger partial charge in [0.15, 0.2) is 0 Å². The van der Waals surface area contributed by atoms with Gasteiger partial charge >= 0.3 is 0 Å². The normalized spacial score (nSPS) is 23.8. The molecule has 0 aromatic heterocycles. The van der Waals surface area contributed by atoms with E-state index in [9.17, 15) is 13.2 Å². The van der Waals surface area contributed by atoms with Crippen molar-refractivity contribution in [2.24, 2.45) is 5.92 Å². The van der Waals surface area contributed by atoms with Crippen molar-refractivity contribution < 1.29 is 17.9 Å². The summed E-state index contributed by atoms with van der Waals surface area (Å²) in [6, 6.07) is 4.87. The summed E-state index contributed by atoms with van der Waals surface area (Å²) in [5.41, 5.74) is 1.58. The van der Waals surface area contributed by atoms with Crippen LogP contribution in [0.5, 0.6) is 0 Å². The largest absolute Gasteiger partial charge is 0.377 e. The second kappa shape index (κ2) is 8.50. The standard InChI is InChI=1S/C19H28N2O4S/c1-14-5-2-3-7-18(14)25-12-11-20-26(23,24)16-9-10-17-15(13-16)6-4-8-19(22)21-17/h9-10,13-14,18,20H,2-8,11-12H2,1H3,(H,21,22). The molecule has 1 fully saturated rings. The Kier molecular flexibility index (Phi) is 6.32. The Hall–Kier alpha value is -1.44. The third kappa shape index (κ3) is 4.84. The van der Waals surface area contributed by atoms with Gasteiger partial charge in [0.1, 0.15) is 0 Å². The molecule has 1 aromatic carbocycles. The predicted octanol–water partition coefficient (Wildman–Crippen LogP) is 2.84. The number of hydrogen-bond acceptors (Lipinski definition) is 4. The molecule has 2 aliphatic rings. The van der Waals surface area contributed by atoms with Crippen molar-refractivity contribution >= 4 is 21.6 Å². The van der Waals surface area contributed by atoms with Gasteiger partial charge in [-0.1, -0.05) is 19.8 Å². The highest BCUT2D eigenvalue weighted by atomic mass is 32.2. The van der Waals surface area contributed by atoms with Crippen LogP contribution in [-0.4, -0.2) is 33.6 Å². The Labute approximate surface area is 155 Å². The molecule has 0 saturated heterocycles. The molecule has 26 heavy (non-hydrogen) atoms. The molecule has 1 aliphatic heterocycles. The molecule has 1 heterocycles. The molecule has 144 valence electrons. The van der Waals surface area contributed by atoms with Gasteiger partial charge in [0.2, 0.25) is 15.9 Å². The summed E-state index contributed by atoms with van der Waals surface area (Å²) in [6.45, 7) is 2.84. The first-order chi connectivity index (χ1) is 12.5. The van der Waals surface area contributed by atoms with Crippen LogP contribution in [0.25, 0.3) is 0 Å². The number of rotatable bonds is 6. The quantitative estimate of drug-likeness (QED) is 0.743. The van der Waals surface area contributed by atoms with E-state index >= 15 is 0 Å². The Morgan fingerprint density at radius 1 is 1.19 bits per heavy atom. The zero-order chi connectivity index (χ0) is 18.6. The lowest BCUT2D eigenvalue weighted by molar-refractivity contribution is -0.116. The minimum Gasteiger partial charge on any atom is -0.377 e. The van der Waals surface area contributed by atoms with Crippen LogP contribution in [0.4, 0.5) is 5.69 Å². The van der Waals surface area contributed by atoms with Crippen LogP contribution in [-0.2, 0) is 26.0 Å². The van der Waals surface area contributed by atoms with Gasteiger partial charge in [0.25, 0.3) is 0 Å². The zero-order valence-electron chi connectivity index (χ0n) is 15.3. The number of sulfonamides is 1. The van der Waals surface area contributed by atoms with Crippen molar-refractivity contribution in [1.82, 2.24) is 4.72 Å². The third-order valence-electron chi connectivity index (χ3n) is 5.27. The second-order valence-electron chi connectivity index (χ2n) is 7.29. The van der Waals surface area contributed by atoms with Crippen LogP contribution in [0.15, 0.2) is 23.1 Å². The summed E-state index contributed by atoms with van der Waals surface area (Å²) in [5, 5.41) is 2.82. The first-order valence-corrected chi connectivity index (χ1v) is 11.0. The molecule has 3 rings (SSSR count). The van der Waals surface area contributed by atoms with Crippen LogP contribution >= 0.6 is 0 Å². The maximum absolute atomic E-state index is 12.5. The van der Waals surface area contributed by atoms with Gasteiger partial charge in [0, 0.05) is 18.7 Å². The lowest BCUT2D eigenvalue weighted by Crippen LogP contribution is -2.31. The average molecular weight is 381 g/mol. The minimum atomic E-state index is -3.58. The number of anilines is 1. The molecule has 1 aromatic rings. The minimum absolute atomic E-state index is 0.0217. The van der Waals surface area contributed by atoms with E-state index in [1.165, 1.54) is 25.3 Å². The first kappa shape index (κ1) is 19.3. The highest BCUT2D eigenvalue weighted by Crippen LogP contribution is 2.26. The van der Waals surface area contributed by atoms with Gasteiger partial charge < -0.3 is 10.1 Å². The number of aryl methyl sites for hydroxylation is 1. The maximum Gasteiger partial charge on any atom is 0.240 e. The lowest BCUT2D eigenvalue weighted by Gasteiger charge is -2.28. The number of fused-ring (bicyclic) bond motifs is 1. The van der Waals surface area contributed by atoms with E-state index in [-0.39, 0.29) is 23.5 Å². The summed E-state index contributed by atoms with van der Waals surface area (Å²) in [4.78, 5) is 11.8. The Morgan fingerprint density at radius 2 is 2.00 bits per heavy atom. The summed E-state index contributed by atoms with van der Waals surface area (Å²) in [6.07, 6.45) is 6.81.